The fourth-order valence-electron chi connectivity index (χ4n) is 1.97. The van der Waals surface area contributed by atoms with Crippen LogP contribution in [-0.2, 0) is 0 Å². The molecule has 0 heterocycles. The summed E-state index contributed by atoms with van der Waals surface area (Å²) in [6.45, 7) is 0.445. The maximum absolute atomic E-state index is 12.2. The zero-order valence-electron chi connectivity index (χ0n) is 12.8. The van der Waals surface area contributed by atoms with Crippen LogP contribution in [0.4, 0.5) is 5.69 Å². The van der Waals surface area contributed by atoms with Gasteiger partial charge in [0.1, 0.15) is 18.1 Å². The summed E-state index contributed by atoms with van der Waals surface area (Å²) >= 11 is 5.84. The lowest BCUT2D eigenvalue weighted by Gasteiger charge is -2.10. The van der Waals surface area contributed by atoms with E-state index in [2.05, 4.69) is 5.32 Å². The first-order valence-corrected chi connectivity index (χ1v) is 7.38. The minimum Gasteiger partial charge on any atom is -0.496 e. The zero-order valence-corrected chi connectivity index (χ0v) is 13.6. The Kier molecular flexibility index (Phi) is 5.97. The molecule has 7 nitrogen and oxygen atoms in total. The normalized spacial score (nSPS) is 10.1. The number of carbonyl (C=O) groups excluding carboxylic acids is 1. The fourth-order valence-corrected chi connectivity index (χ4v) is 2.15. The van der Waals surface area contributed by atoms with Crippen molar-refractivity contribution in [1.82, 2.24) is 5.32 Å². The van der Waals surface area contributed by atoms with Crippen LogP contribution in [0, 0.1) is 10.1 Å². The molecule has 0 aliphatic heterocycles. The van der Waals surface area contributed by atoms with E-state index in [0.717, 1.165) is 0 Å². The summed E-state index contributed by atoms with van der Waals surface area (Å²) in [5.74, 6) is 0.365. The van der Waals surface area contributed by atoms with Gasteiger partial charge in [-0.15, -0.1) is 0 Å². The van der Waals surface area contributed by atoms with Gasteiger partial charge in [0.15, 0.2) is 0 Å². The molecule has 24 heavy (non-hydrogen) atoms. The molecule has 126 valence electrons. The molecule has 0 bridgehead atoms. The first kappa shape index (κ1) is 17.6. The number of carbonyl (C=O) groups is 1. The zero-order chi connectivity index (χ0) is 17.5. The summed E-state index contributed by atoms with van der Waals surface area (Å²) < 4.78 is 10.5. The van der Waals surface area contributed by atoms with E-state index in [4.69, 9.17) is 21.1 Å². The molecule has 1 N–H and O–H groups in total. The second-order valence-corrected chi connectivity index (χ2v) is 5.14. The van der Waals surface area contributed by atoms with Gasteiger partial charge in [-0.25, -0.2) is 0 Å². The van der Waals surface area contributed by atoms with Crippen LogP contribution in [0.1, 0.15) is 10.4 Å². The Hall–Kier alpha value is -2.80. The lowest BCUT2D eigenvalue weighted by Crippen LogP contribution is -2.28. The second kappa shape index (κ2) is 8.16. The molecule has 0 saturated carbocycles. The minimum absolute atomic E-state index is 0.0921. The van der Waals surface area contributed by atoms with E-state index < -0.39 is 10.8 Å². The Labute approximate surface area is 143 Å². The van der Waals surface area contributed by atoms with Gasteiger partial charge in [-0.05, 0) is 24.3 Å². The number of nitrogens with one attached hydrogen (secondary N) is 1. The third-order valence-electron chi connectivity index (χ3n) is 3.09. The highest BCUT2D eigenvalue weighted by Crippen LogP contribution is 2.23. The molecule has 2 aromatic carbocycles. The smallest absolute Gasteiger partial charge is 0.270 e. The molecule has 0 aromatic heterocycles. The average Bonchev–Trinajstić information content (AvgIpc) is 2.58. The summed E-state index contributed by atoms with van der Waals surface area (Å²) in [7, 11) is 1.39. The van der Waals surface area contributed by atoms with Crippen LogP contribution in [0.5, 0.6) is 11.5 Å². The number of ether oxygens (including phenoxy) is 2. The van der Waals surface area contributed by atoms with Crippen LogP contribution < -0.4 is 14.8 Å². The van der Waals surface area contributed by atoms with Crippen molar-refractivity contribution in [3.63, 3.8) is 0 Å². The highest BCUT2D eigenvalue weighted by Gasteiger charge is 2.17. The van der Waals surface area contributed by atoms with Crippen LogP contribution >= 0.6 is 11.6 Å². The van der Waals surface area contributed by atoms with Gasteiger partial charge in [0.25, 0.3) is 11.6 Å². The van der Waals surface area contributed by atoms with Gasteiger partial charge in [-0.3, -0.25) is 14.9 Å². The van der Waals surface area contributed by atoms with Gasteiger partial charge >= 0.3 is 0 Å². The molecule has 0 atom stereocenters. The lowest BCUT2D eigenvalue weighted by molar-refractivity contribution is -0.384. The Balaban J connectivity index is 1.94. The largest absolute Gasteiger partial charge is 0.496 e. The molecular weight excluding hydrogens is 336 g/mol. The number of amides is 1. The molecule has 2 rings (SSSR count). The number of benzene rings is 2. The predicted molar refractivity (Wildman–Crippen MR) is 88.9 cm³/mol. The van der Waals surface area contributed by atoms with Gasteiger partial charge in [0.2, 0.25) is 0 Å². The average molecular weight is 351 g/mol. The van der Waals surface area contributed by atoms with E-state index in [1.807, 2.05) is 0 Å². The summed E-state index contributed by atoms with van der Waals surface area (Å²) in [5, 5.41) is 14.0. The second-order valence-electron chi connectivity index (χ2n) is 4.70. The molecule has 0 aliphatic rings. The molecule has 2 aromatic rings. The van der Waals surface area contributed by atoms with Gasteiger partial charge in [0, 0.05) is 17.2 Å². The van der Waals surface area contributed by atoms with Crippen LogP contribution in [0.25, 0.3) is 0 Å². The van der Waals surface area contributed by atoms with Crippen molar-refractivity contribution < 1.29 is 19.2 Å². The molecule has 0 fully saturated rings. The molecule has 0 saturated heterocycles. The third kappa shape index (κ3) is 4.60. The van der Waals surface area contributed by atoms with Crippen molar-refractivity contribution >= 4 is 23.2 Å². The number of halogens is 1. The topological polar surface area (TPSA) is 90.7 Å². The van der Waals surface area contributed by atoms with Crippen molar-refractivity contribution in [3.8, 4) is 11.5 Å². The van der Waals surface area contributed by atoms with Crippen molar-refractivity contribution in [1.29, 1.82) is 0 Å². The van der Waals surface area contributed by atoms with Crippen LogP contribution in [0.2, 0.25) is 5.02 Å². The quantitative estimate of drug-likeness (QED) is 0.471. The molecule has 1 amide bonds. The molecule has 0 spiro atoms. The highest BCUT2D eigenvalue weighted by atomic mass is 35.5. The summed E-state index contributed by atoms with van der Waals surface area (Å²) in [5.41, 5.74) is -0.0921. The Morgan fingerprint density at radius 1 is 1.29 bits per heavy atom. The number of nitro groups is 1. The van der Waals surface area contributed by atoms with Crippen molar-refractivity contribution in [2.75, 3.05) is 20.3 Å². The number of nitro benzene ring substituents is 1. The predicted octanol–water partition coefficient (Wildman–Crippen LogP) is 3.07. The number of hydrogen-bond donors (Lipinski definition) is 1. The van der Waals surface area contributed by atoms with E-state index in [0.29, 0.717) is 10.8 Å². The van der Waals surface area contributed by atoms with Gasteiger partial charge in [-0.1, -0.05) is 17.7 Å². The molecular formula is C16H15ClN2O5. The van der Waals surface area contributed by atoms with Gasteiger partial charge in [0.05, 0.1) is 24.1 Å². The van der Waals surface area contributed by atoms with E-state index in [-0.39, 0.29) is 30.2 Å². The summed E-state index contributed by atoms with van der Waals surface area (Å²) in [4.78, 5) is 22.4. The van der Waals surface area contributed by atoms with E-state index in [1.54, 1.807) is 24.3 Å². The number of non-ortho nitro benzene ring substituents is 1. The maximum atomic E-state index is 12.2. The van der Waals surface area contributed by atoms with Crippen LogP contribution in [0.3, 0.4) is 0 Å². The monoisotopic (exact) mass is 350 g/mol. The number of methoxy groups -OCH3 is 1. The number of hydrogen-bond acceptors (Lipinski definition) is 5. The minimum atomic E-state index is -0.571. The molecule has 0 unspecified atom stereocenters. The highest BCUT2D eigenvalue weighted by molar-refractivity contribution is 6.30. The standard InChI is InChI=1S/C16H15ClN2O5/c1-23-15-6-5-12(19(21)22)10-14(15)16(20)18-7-8-24-13-4-2-3-11(17)9-13/h2-6,9-10H,7-8H2,1H3,(H,18,20). The van der Waals surface area contributed by atoms with Crippen LogP contribution in [-0.4, -0.2) is 31.1 Å². The first-order chi connectivity index (χ1) is 11.5. The Bertz CT molecular complexity index is 751. The Morgan fingerprint density at radius 3 is 2.75 bits per heavy atom. The molecule has 0 radical (unpaired) electrons. The van der Waals surface area contributed by atoms with Gasteiger partial charge in [-0.2, -0.15) is 0 Å². The van der Waals surface area contributed by atoms with E-state index in [1.165, 1.54) is 25.3 Å². The first-order valence-electron chi connectivity index (χ1n) is 7.00. The van der Waals surface area contributed by atoms with Crippen molar-refractivity contribution in [2.24, 2.45) is 0 Å². The SMILES string of the molecule is COc1ccc([N+](=O)[O-])cc1C(=O)NCCOc1cccc(Cl)c1. The fraction of sp³-hybridized carbons (Fsp3) is 0.188. The van der Waals surface area contributed by atoms with E-state index >= 15 is 0 Å². The van der Waals surface area contributed by atoms with E-state index in [9.17, 15) is 14.9 Å². The maximum Gasteiger partial charge on any atom is 0.270 e. The van der Waals surface area contributed by atoms with Crippen molar-refractivity contribution in [2.45, 2.75) is 0 Å². The lowest BCUT2D eigenvalue weighted by atomic mass is 10.1. The third-order valence-corrected chi connectivity index (χ3v) is 3.33. The van der Waals surface area contributed by atoms with Crippen molar-refractivity contribution in [3.05, 3.63) is 63.2 Å². The Morgan fingerprint density at radius 2 is 2.08 bits per heavy atom. The number of rotatable bonds is 7. The summed E-state index contributed by atoms with van der Waals surface area (Å²) in [6, 6.07) is 10.7. The summed E-state index contributed by atoms with van der Waals surface area (Å²) in [6.07, 6.45) is 0. The van der Waals surface area contributed by atoms with Crippen LogP contribution in [0.15, 0.2) is 42.5 Å². The number of nitrogens with zero attached hydrogens (tertiary/aromatic N) is 1. The molecule has 8 heteroatoms. The van der Waals surface area contributed by atoms with Gasteiger partial charge < -0.3 is 14.8 Å². The molecule has 0 aliphatic carbocycles.